The predicted octanol–water partition coefficient (Wildman–Crippen LogP) is 1.86. The van der Waals surface area contributed by atoms with Gasteiger partial charge in [-0.1, -0.05) is 0 Å². The van der Waals surface area contributed by atoms with E-state index in [2.05, 4.69) is 0 Å². The van der Waals surface area contributed by atoms with Crippen molar-refractivity contribution in [3.05, 3.63) is 23.3 Å². The number of hydrogen-bond donors (Lipinski definition) is 0. The Kier molecular flexibility index (Phi) is 4.75. The molecule has 26 heavy (non-hydrogen) atoms. The number of ether oxygens (including phenoxy) is 3. The van der Waals surface area contributed by atoms with Crippen LogP contribution in [0.15, 0.2) is 17.0 Å². The Hall–Kier alpha value is -1.15. The van der Waals surface area contributed by atoms with Crippen LogP contribution in [0.25, 0.3) is 0 Å². The lowest BCUT2D eigenvalue weighted by Gasteiger charge is -2.27. The molecule has 1 aromatic rings. The second-order valence-corrected chi connectivity index (χ2v) is 9.64. The largest absolute Gasteiger partial charge is 0.496 e. The zero-order valence-electron chi connectivity index (χ0n) is 15.5. The molecule has 2 atom stereocenters. The zero-order chi connectivity index (χ0) is 18.4. The molecule has 0 amide bonds. The van der Waals surface area contributed by atoms with Gasteiger partial charge in [0.25, 0.3) is 0 Å². The fourth-order valence-electron chi connectivity index (χ4n) is 4.83. The average Bonchev–Trinajstić information content (AvgIpc) is 3.18. The third kappa shape index (κ3) is 2.76. The second-order valence-electron chi connectivity index (χ2n) is 7.74. The van der Waals surface area contributed by atoms with Gasteiger partial charge in [0.15, 0.2) is 0 Å². The molecule has 0 unspecified atom stereocenters. The molecule has 2 aliphatic heterocycles. The molecule has 7 heteroatoms. The molecule has 2 fully saturated rings. The van der Waals surface area contributed by atoms with Crippen LogP contribution in [-0.4, -0.2) is 59.9 Å². The van der Waals surface area contributed by atoms with Crippen LogP contribution in [0, 0.1) is 11.3 Å². The maximum absolute atomic E-state index is 13.5. The Morgan fingerprint density at radius 2 is 2.00 bits per heavy atom. The van der Waals surface area contributed by atoms with Crippen LogP contribution in [0.5, 0.6) is 5.75 Å². The van der Waals surface area contributed by atoms with Gasteiger partial charge in [-0.2, -0.15) is 4.31 Å². The Morgan fingerprint density at radius 1 is 1.23 bits per heavy atom. The molecule has 3 aliphatic rings. The molecule has 1 aromatic carbocycles. The Labute approximate surface area is 155 Å². The van der Waals surface area contributed by atoms with E-state index >= 15 is 0 Å². The number of sulfonamides is 1. The highest BCUT2D eigenvalue weighted by Crippen LogP contribution is 2.44. The van der Waals surface area contributed by atoms with Crippen LogP contribution in [0.1, 0.15) is 24.0 Å². The van der Waals surface area contributed by atoms with Crippen molar-refractivity contribution in [2.45, 2.75) is 30.6 Å². The van der Waals surface area contributed by atoms with Gasteiger partial charge < -0.3 is 14.2 Å². The van der Waals surface area contributed by atoms with E-state index in [1.54, 1.807) is 24.6 Å². The molecule has 0 N–H and O–H groups in total. The van der Waals surface area contributed by atoms with E-state index in [1.165, 1.54) is 0 Å². The smallest absolute Gasteiger partial charge is 0.243 e. The maximum Gasteiger partial charge on any atom is 0.243 e. The molecule has 6 nitrogen and oxygen atoms in total. The Balaban J connectivity index is 1.70. The molecule has 144 valence electrons. The Morgan fingerprint density at radius 3 is 2.73 bits per heavy atom. The minimum absolute atomic E-state index is 0.200. The molecule has 2 heterocycles. The highest BCUT2D eigenvalue weighted by atomic mass is 32.2. The summed E-state index contributed by atoms with van der Waals surface area (Å²) in [6, 6.07) is 3.54. The van der Waals surface area contributed by atoms with Crippen molar-refractivity contribution in [3.8, 4) is 5.75 Å². The van der Waals surface area contributed by atoms with Gasteiger partial charge in [0.05, 0.1) is 31.8 Å². The van der Waals surface area contributed by atoms with Crippen molar-refractivity contribution in [2.24, 2.45) is 11.3 Å². The molecule has 4 rings (SSSR count). The van der Waals surface area contributed by atoms with E-state index in [0.717, 1.165) is 42.6 Å². The molecular weight excluding hydrogens is 354 g/mol. The summed E-state index contributed by atoms with van der Waals surface area (Å²) in [6.45, 7) is 2.68. The normalized spacial score (nSPS) is 28.8. The van der Waals surface area contributed by atoms with Gasteiger partial charge in [0, 0.05) is 31.5 Å². The lowest BCUT2D eigenvalue weighted by Crippen LogP contribution is -2.37. The van der Waals surface area contributed by atoms with Gasteiger partial charge in [-0.05, 0) is 48.9 Å². The summed E-state index contributed by atoms with van der Waals surface area (Å²) in [4.78, 5) is 0.460. The molecule has 0 spiro atoms. The van der Waals surface area contributed by atoms with Crippen LogP contribution in [0.2, 0.25) is 0 Å². The first-order valence-corrected chi connectivity index (χ1v) is 10.7. The summed E-state index contributed by atoms with van der Waals surface area (Å²) in [5.41, 5.74) is 1.80. The first-order valence-electron chi connectivity index (χ1n) is 9.27. The summed E-state index contributed by atoms with van der Waals surface area (Å²) in [7, 11) is -0.222. The van der Waals surface area contributed by atoms with Gasteiger partial charge in [0.2, 0.25) is 10.0 Å². The highest BCUT2D eigenvalue weighted by molar-refractivity contribution is 7.89. The first kappa shape index (κ1) is 18.2. The molecule has 0 bridgehead atoms. The molecule has 0 saturated carbocycles. The van der Waals surface area contributed by atoms with Gasteiger partial charge >= 0.3 is 0 Å². The van der Waals surface area contributed by atoms with E-state index in [4.69, 9.17) is 14.2 Å². The van der Waals surface area contributed by atoms with Crippen molar-refractivity contribution >= 4 is 10.0 Å². The van der Waals surface area contributed by atoms with Crippen molar-refractivity contribution in [1.29, 1.82) is 0 Å². The lowest BCUT2D eigenvalue weighted by molar-refractivity contribution is 0.0601. The third-order valence-electron chi connectivity index (χ3n) is 6.21. The second kappa shape index (κ2) is 6.78. The van der Waals surface area contributed by atoms with Gasteiger partial charge in [-0.3, -0.25) is 0 Å². The Bertz CT molecular complexity index is 793. The minimum atomic E-state index is -3.54. The first-order chi connectivity index (χ1) is 12.5. The van der Waals surface area contributed by atoms with Crippen molar-refractivity contribution in [1.82, 2.24) is 4.31 Å². The SMILES string of the molecule is COC[C@@]12COC[C@@H]1CN(S(=O)(=O)c1ccc(OC)c3c1CCCC3)C2. The number of hydrogen-bond acceptors (Lipinski definition) is 5. The fraction of sp³-hybridized carbons (Fsp3) is 0.684. The van der Waals surface area contributed by atoms with E-state index < -0.39 is 10.0 Å². The number of methoxy groups -OCH3 is 2. The minimum Gasteiger partial charge on any atom is -0.496 e. The number of benzene rings is 1. The summed E-state index contributed by atoms with van der Waals surface area (Å²) in [6.07, 6.45) is 3.77. The molecule has 0 radical (unpaired) electrons. The van der Waals surface area contributed by atoms with E-state index in [0.29, 0.717) is 37.8 Å². The monoisotopic (exact) mass is 381 g/mol. The van der Waals surface area contributed by atoms with E-state index in [-0.39, 0.29) is 11.3 Å². The van der Waals surface area contributed by atoms with Crippen molar-refractivity contribution in [3.63, 3.8) is 0 Å². The fourth-order valence-corrected chi connectivity index (χ4v) is 6.69. The van der Waals surface area contributed by atoms with Crippen LogP contribution >= 0.6 is 0 Å². The molecule has 1 aliphatic carbocycles. The van der Waals surface area contributed by atoms with Gasteiger partial charge in [0.1, 0.15) is 5.75 Å². The topological polar surface area (TPSA) is 65.1 Å². The molecule has 0 aromatic heterocycles. The number of fused-ring (bicyclic) bond motifs is 2. The quantitative estimate of drug-likeness (QED) is 0.779. The van der Waals surface area contributed by atoms with Crippen LogP contribution in [0.3, 0.4) is 0 Å². The van der Waals surface area contributed by atoms with Crippen LogP contribution < -0.4 is 4.74 Å². The van der Waals surface area contributed by atoms with Crippen molar-refractivity contribution < 1.29 is 22.6 Å². The van der Waals surface area contributed by atoms with Crippen LogP contribution in [0.4, 0.5) is 0 Å². The summed E-state index contributed by atoms with van der Waals surface area (Å²) in [5.74, 6) is 1.01. The number of nitrogens with zero attached hydrogens (tertiary/aromatic N) is 1. The average molecular weight is 381 g/mol. The van der Waals surface area contributed by atoms with Crippen LogP contribution in [-0.2, 0) is 32.3 Å². The zero-order valence-corrected chi connectivity index (χ0v) is 16.3. The van der Waals surface area contributed by atoms with Gasteiger partial charge in [-0.25, -0.2) is 8.42 Å². The molecular formula is C19H27NO5S. The predicted molar refractivity (Wildman–Crippen MR) is 97.0 cm³/mol. The van der Waals surface area contributed by atoms with E-state index in [9.17, 15) is 8.42 Å². The summed E-state index contributed by atoms with van der Waals surface area (Å²) in [5, 5.41) is 0. The van der Waals surface area contributed by atoms with E-state index in [1.807, 2.05) is 6.07 Å². The lowest BCUT2D eigenvalue weighted by atomic mass is 9.82. The van der Waals surface area contributed by atoms with Gasteiger partial charge in [-0.15, -0.1) is 0 Å². The number of rotatable bonds is 5. The standard InChI is InChI=1S/C19H27NO5S/c1-23-12-19-11-20(9-14(19)10-25-13-19)26(21,22)18-8-7-17(24-2)15-5-3-4-6-16(15)18/h7-8,14H,3-6,9-13H2,1-2H3/t14-,19-/m0/s1. The third-order valence-corrected chi connectivity index (χ3v) is 8.10. The van der Waals surface area contributed by atoms with Crippen molar-refractivity contribution in [2.75, 3.05) is 47.1 Å². The maximum atomic E-state index is 13.5. The summed E-state index contributed by atoms with van der Waals surface area (Å²) >= 11 is 0. The summed E-state index contributed by atoms with van der Waals surface area (Å²) < 4.78 is 45.1. The highest BCUT2D eigenvalue weighted by Gasteiger charge is 2.53. The molecule has 2 saturated heterocycles.